The predicted octanol–water partition coefficient (Wildman–Crippen LogP) is 7.05. The molecule has 0 aliphatic carbocycles. The molecule has 1 N–H and O–H groups in total. The largest absolute Gasteiger partial charge is 0.380 e. The van der Waals surface area contributed by atoms with Crippen molar-refractivity contribution in [1.29, 1.82) is 0 Å². The Bertz CT molecular complexity index is 817. The van der Waals surface area contributed by atoms with Crippen molar-refractivity contribution in [2.24, 2.45) is 0 Å². The van der Waals surface area contributed by atoms with Gasteiger partial charge in [-0.15, -0.1) is 0 Å². The third-order valence-corrected chi connectivity index (χ3v) is 4.66. The van der Waals surface area contributed by atoms with E-state index in [0.717, 1.165) is 18.4 Å². The molecule has 0 fully saturated rings. The molecule has 2 aromatic rings. The van der Waals surface area contributed by atoms with Crippen LogP contribution in [0.1, 0.15) is 67.5 Å². The Labute approximate surface area is 164 Å². The molecular formula is C25H32FN. The van der Waals surface area contributed by atoms with Crippen LogP contribution in [0.2, 0.25) is 0 Å². The van der Waals surface area contributed by atoms with Crippen LogP contribution in [-0.2, 0) is 6.42 Å². The zero-order chi connectivity index (χ0) is 19.8. The van der Waals surface area contributed by atoms with E-state index >= 15 is 0 Å². The van der Waals surface area contributed by atoms with Gasteiger partial charge in [-0.2, -0.15) is 0 Å². The van der Waals surface area contributed by atoms with E-state index < -0.39 is 0 Å². The van der Waals surface area contributed by atoms with Gasteiger partial charge in [-0.25, -0.2) is 4.39 Å². The number of rotatable bonds is 4. The minimum atomic E-state index is -0.157. The van der Waals surface area contributed by atoms with E-state index in [2.05, 4.69) is 57.3 Å². The van der Waals surface area contributed by atoms with Crippen molar-refractivity contribution in [2.75, 3.05) is 0 Å². The molecule has 1 atom stereocenters. The lowest BCUT2D eigenvalue weighted by Gasteiger charge is -2.25. The topological polar surface area (TPSA) is 12.0 Å². The van der Waals surface area contributed by atoms with E-state index in [1.807, 2.05) is 31.3 Å². The van der Waals surface area contributed by atoms with Crippen molar-refractivity contribution in [2.45, 2.75) is 59.9 Å². The Morgan fingerprint density at radius 3 is 2.33 bits per heavy atom. The van der Waals surface area contributed by atoms with Gasteiger partial charge in [0.15, 0.2) is 0 Å². The lowest BCUT2D eigenvalue weighted by molar-refractivity contribution is 0.616. The molecule has 0 bridgehead atoms. The van der Waals surface area contributed by atoms with Crippen LogP contribution in [0.15, 0.2) is 54.8 Å². The van der Waals surface area contributed by atoms with Crippen molar-refractivity contribution in [3.8, 4) is 0 Å². The normalized spacial score (nSPS) is 15.5. The number of halogens is 1. The summed E-state index contributed by atoms with van der Waals surface area (Å²) in [6.07, 6.45) is 9.64. The Morgan fingerprint density at radius 1 is 0.963 bits per heavy atom. The van der Waals surface area contributed by atoms with E-state index in [0.29, 0.717) is 5.56 Å². The fraction of sp³-hybridized carbons (Fsp3) is 0.360. The van der Waals surface area contributed by atoms with E-state index in [9.17, 15) is 4.39 Å². The van der Waals surface area contributed by atoms with E-state index in [1.165, 1.54) is 28.7 Å². The van der Waals surface area contributed by atoms with Crippen LogP contribution in [0.3, 0.4) is 0 Å². The highest BCUT2D eigenvalue weighted by Crippen LogP contribution is 2.33. The maximum Gasteiger partial charge on any atom is 0.126 e. The van der Waals surface area contributed by atoms with Gasteiger partial charge in [-0.05, 0) is 72.0 Å². The number of allylic oxidation sites excluding steroid dienone is 2. The number of benzene rings is 2. The first kappa shape index (κ1) is 21.0. The highest BCUT2D eigenvalue weighted by Gasteiger charge is 2.19. The molecule has 2 heteroatoms. The van der Waals surface area contributed by atoms with Gasteiger partial charge in [0.1, 0.15) is 5.82 Å². The van der Waals surface area contributed by atoms with Crippen molar-refractivity contribution in [3.63, 3.8) is 0 Å². The van der Waals surface area contributed by atoms with Crippen LogP contribution in [0.5, 0.6) is 0 Å². The van der Waals surface area contributed by atoms with Crippen molar-refractivity contribution < 1.29 is 4.39 Å². The zero-order valence-corrected chi connectivity index (χ0v) is 17.3. The Hall–Kier alpha value is -2.35. The minimum Gasteiger partial charge on any atom is -0.380 e. The van der Waals surface area contributed by atoms with Crippen molar-refractivity contribution in [1.82, 2.24) is 5.32 Å². The Morgan fingerprint density at radius 2 is 1.70 bits per heavy atom. The maximum atomic E-state index is 13.6. The third-order valence-electron chi connectivity index (χ3n) is 4.66. The van der Waals surface area contributed by atoms with Gasteiger partial charge < -0.3 is 5.32 Å². The summed E-state index contributed by atoms with van der Waals surface area (Å²) >= 11 is 0. The van der Waals surface area contributed by atoms with Crippen molar-refractivity contribution in [3.05, 3.63) is 88.4 Å². The number of nitrogens with one attached hydrogen (secondary N) is 1. The highest BCUT2D eigenvalue weighted by atomic mass is 19.1. The molecule has 0 amide bonds. The lowest BCUT2D eigenvalue weighted by atomic mass is 9.88. The summed E-state index contributed by atoms with van der Waals surface area (Å²) in [5, 5.41) is 3.42. The van der Waals surface area contributed by atoms with Gasteiger partial charge in [0.05, 0.1) is 6.04 Å². The molecule has 1 heterocycles. The molecule has 0 spiro atoms. The summed E-state index contributed by atoms with van der Waals surface area (Å²) in [7, 11) is 0. The summed E-state index contributed by atoms with van der Waals surface area (Å²) in [6, 6.07) is 12.1. The molecule has 0 saturated heterocycles. The van der Waals surface area contributed by atoms with Crippen LogP contribution < -0.4 is 5.32 Å². The SMILES string of the molecule is CCC.CCCc1ccc(C2=CC=CNC2c2ccc(F)c(C)c2)cc1C. The van der Waals surface area contributed by atoms with Gasteiger partial charge in [0.2, 0.25) is 0 Å². The third kappa shape index (κ3) is 5.32. The molecule has 1 aliphatic heterocycles. The Balaban J connectivity index is 0.000000817. The summed E-state index contributed by atoms with van der Waals surface area (Å²) in [5.41, 5.74) is 6.94. The molecular weight excluding hydrogens is 333 g/mol. The number of dihydropyridines is 1. The first-order chi connectivity index (χ1) is 13.0. The molecule has 0 radical (unpaired) electrons. The van der Waals surface area contributed by atoms with Crippen LogP contribution in [0.4, 0.5) is 4.39 Å². The van der Waals surface area contributed by atoms with Gasteiger partial charge in [-0.3, -0.25) is 0 Å². The fourth-order valence-corrected chi connectivity index (χ4v) is 3.30. The highest BCUT2D eigenvalue weighted by molar-refractivity contribution is 5.74. The van der Waals surface area contributed by atoms with Crippen LogP contribution in [-0.4, -0.2) is 0 Å². The second-order valence-electron chi connectivity index (χ2n) is 7.19. The molecule has 1 nitrogen and oxygen atoms in total. The summed E-state index contributed by atoms with van der Waals surface area (Å²) in [5.74, 6) is -0.157. The molecule has 3 rings (SSSR count). The van der Waals surface area contributed by atoms with Crippen LogP contribution in [0, 0.1) is 19.7 Å². The molecule has 2 aromatic carbocycles. The van der Waals surface area contributed by atoms with E-state index in [-0.39, 0.29) is 11.9 Å². The Kier molecular flexibility index (Phi) is 7.84. The summed E-state index contributed by atoms with van der Waals surface area (Å²) in [4.78, 5) is 0. The standard InChI is InChI=1S/C22H24FN.C3H8/c1-4-6-17-8-9-18(13-15(17)2)20-7-5-12-24-22(20)19-10-11-21(23)16(3)14-19;1-3-2/h5,7-14,22,24H,4,6H2,1-3H3;3H2,1-2H3. The second kappa shape index (κ2) is 10.1. The quantitative estimate of drug-likeness (QED) is 0.612. The van der Waals surface area contributed by atoms with Gasteiger partial charge in [-0.1, -0.05) is 70.0 Å². The average molecular weight is 366 g/mol. The van der Waals surface area contributed by atoms with Gasteiger partial charge in [0, 0.05) is 0 Å². The lowest BCUT2D eigenvalue weighted by Crippen LogP contribution is -2.19. The van der Waals surface area contributed by atoms with Crippen molar-refractivity contribution >= 4 is 5.57 Å². The van der Waals surface area contributed by atoms with E-state index in [4.69, 9.17) is 0 Å². The maximum absolute atomic E-state index is 13.6. The number of hydrogen-bond acceptors (Lipinski definition) is 1. The number of aryl methyl sites for hydroxylation is 3. The monoisotopic (exact) mass is 365 g/mol. The predicted molar refractivity (Wildman–Crippen MR) is 115 cm³/mol. The number of hydrogen-bond donors (Lipinski definition) is 1. The van der Waals surface area contributed by atoms with Gasteiger partial charge in [0.25, 0.3) is 0 Å². The van der Waals surface area contributed by atoms with E-state index in [1.54, 1.807) is 6.07 Å². The minimum absolute atomic E-state index is 0.0470. The van der Waals surface area contributed by atoms with Crippen LogP contribution in [0.25, 0.3) is 5.57 Å². The molecule has 1 unspecified atom stereocenters. The molecule has 144 valence electrons. The summed E-state index contributed by atoms with van der Waals surface area (Å²) < 4.78 is 13.6. The molecule has 0 saturated carbocycles. The second-order valence-corrected chi connectivity index (χ2v) is 7.19. The molecule has 0 aromatic heterocycles. The van der Waals surface area contributed by atoms with Crippen LogP contribution >= 0.6 is 0 Å². The smallest absolute Gasteiger partial charge is 0.126 e. The zero-order valence-electron chi connectivity index (χ0n) is 17.3. The molecule has 1 aliphatic rings. The fourth-order valence-electron chi connectivity index (χ4n) is 3.30. The summed E-state index contributed by atoms with van der Waals surface area (Å²) in [6.45, 7) is 10.4. The average Bonchev–Trinajstić information content (AvgIpc) is 2.66. The van der Waals surface area contributed by atoms with Gasteiger partial charge >= 0.3 is 0 Å². The first-order valence-electron chi connectivity index (χ1n) is 10.00. The first-order valence-corrected chi connectivity index (χ1v) is 10.00. The molecule has 27 heavy (non-hydrogen) atoms.